The number of pyridine rings is 1. The highest BCUT2D eigenvalue weighted by molar-refractivity contribution is 5.98. The summed E-state index contributed by atoms with van der Waals surface area (Å²) in [7, 11) is 1.55. The van der Waals surface area contributed by atoms with Gasteiger partial charge in [0.15, 0.2) is 11.6 Å². The number of urea groups is 1. The lowest BCUT2D eigenvalue weighted by atomic mass is 9.92. The van der Waals surface area contributed by atoms with Crippen LogP contribution >= 0.6 is 0 Å². The molecule has 0 aliphatic rings. The molecule has 0 aliphatic carbocycles. The first-order valence-electron chi connectivity index (χ1n) is 11.6. The highest BCUT2D eigenvalue weighted by atomic mass is 19.1. The van der Waals surface area contributed by atoms with Crippen LogP contribution < -0.4 is 25.8 Å². The van der Waals surface area contributed by atoms with E-state index >= 15 is 4.39 Å². The maximum atomic E-state index is 15.2. The SMILES string of the molecule is COc1cccc(-n2nc(C(C)(C)C)cc2N(C(N)=O)c2ccc(Oc3ccnc(C(N)=O)c3)c(F)c2)c1. The third-order valence-corrected chi connectivity index (χ3v) is 5.59. The van der Waals surface area contributed by atoms with Gasteiger partial charge in [0.2, 0.25) is 0 Å². The minimum atomic E-state index is -0.845. The number of hydrogen-bond acceptors (Lipinski definition) is 6. The van der Waals surface area contributed by atoms with Gasteiger partial charge in [-0.2, -0.15) is 5.10 Å². The van der Waals surface area contributed by atoms with Gasteiger partial charge < -0.3 is 20.9 Å². The molecule has 2 aromatic carbocycles. The van der Waals surface area contributed by atoms with Gasteiger partial charge in [0.05, 0.1) is 24.2 Å². The Kier molecular flexibility index (Phi) is 7.02. The zero-order valence-electron chi connectivity index (χ0n) is 21.3. The molecule has 196 valence electrons. The molecule has 38 heavy (non-hydrogen) atoms. The maximum Gasteiger partial charge on any atom is 0.325 e. The van der Waals surface area contributed by atoms with Crippen LogP contribution in [0.3, 0.4) is 0 Å². The van der Waals surface area contributed by atoms with Crippen molar-refractivity contribution in [1.29, 1.82) is 0 Å². The second kappa shape index (κ2) is 10.2. The molecule has 10 nitrogen and oxygen atoms in total. The summed E-state index contributed by atoms with van der Waals surface area (Å²) in [6.45, 7) is 5.95. The number of carbonyl (C=O) groups excluding carboxylic acids is 2. The lowest BCUT2D eigenvalue weighted by Gasteiger charge is -2.22. The standard InChI is InChI=1S/C27H27FN6O4/c1-27(2,3)23-15-24(34(32-23)17-6-5-7-18(12-17)37-4)33(26(30)36)16-8-9-22(20(28)13-16)38-19-10-11-31-21(14-19)25(29)35/h5-15H,1-4H3,(H2,29,35)(H2,30,36). The summed E-state index contributed by atoms with van der Waals surface area (Å²) in [5.74, 6) is -0.589. The van der Waals surface area contributed by atoms with Crippen LogP contribution in [0.25, 0.3) is 5.69 Å². The van der Waals surface area contributed by atoms with Gasteiger partial charge in [0.25, 0.3) is 5.91 Å². The van der Waals surface area contributed by atoms with E-state index in [0.717, 1.165) is 11.0 Å². The summed E-state index contributed by atoms with van der Waals surface area (Å²) in [4.78, 5) is 29.1. The van der Waals surface area contributed by atoms with Crippen LogP contribution in [0.4, 0.5) is 20.7 Å². The van der Waals surface area contributed by atoms with Gasteiger partial charge in [-0.05, 0) is 30.3 Å². The minimum absolute atomic E-state index is 0.0279. The van der Waals surface area contributed by atoms with Crippen LogP contribution in [-0.2, 0) is 5.41 Å². The van der Waals surface area contributed by atoms with Crippen LogP contribution in [0, 0.1) is 5.82 Å². The van der Waals surface area contributed by atoms with Crippen molar-refractivity contribution in [2.45, 2.75) is 26.2 Å². The van der Waals surface area contributed by atoms with Gasteiger partial charge in [-0.3, -0.25) is 9.78 Å². The van der Waals surface area contributed by atoms with Crippen molar-refractivity contribution in [2.75, 3.05) is 12.0 Å². The molecule has 0 fully saturated rings. The molecule has 0 radical (unpaired) electrons. The number of carbonyl (C=O) groups is 2. The van der Waals surface area contributed by atoms with Gasteiger partial charge in [-0.1, -0.05) is 26.8 Å². The van der Waals surface area contributed by atoms with E-state index in [2.05, 4.69) is 4.98 Å². The van der Waals surface area contributed by atoms with Crippen molar-refractivity contribution in [1.82, 2.24) is 14.8 Å². The second-order valence-corrected chi connectivity index (χ2v) is 9.38. The van der Waals surface area contributed by atoms with E-state index in [4.69, 9.17) is 26.0 Å². The van der Waals surface area contributed by atoms with Crippen molar-refractivity contribution in [3.63, 3.8) is 0 Å². The molecular weight excluding hydrogens is 491 g/mol. The molecule has 4 rings (SSSR count). The molecule has 3 amide bonds. The summed E-state index contributed by atoms with van der Waals surface area (Å²) < 4.78 is 27.7. The first-order chi connectivity index (χ1) is 18.0. The Morgan fingerprint density at radius 3 is 2.39 bits per heavy atom. The Bertz CT molecular complexity index is 1510. The Balaban J connectivity index is 1.77. The third-order valence-electron chi connectivity index (χ3n) is 5.59. The highest BCUT2D eigenvalue weighted by Crippen LogP contribution is 2.35. The summed E-state index contributed by atoms with van der Waals surface area (Å²) >= 11 is 0. The van der Waals surface area contributed by atoms with Gasteiger partial charge >= 0.3 is 6.03 Å². The molecular formula is C27H27FN6O4. The Labute approximate surface area is 218 Å². The number of primary amides is 2. The number of ether oxygens (including phenoxy) is 2. The fourth-order valence-corrected chi connectivity index (χ4v) is 3.65. The van der Waals surface area contributed by atoms with Gasteiger partial charge in [-0.25, -0.2) is 18.8 Å². The van der Waals surface area contributed by atoms with Crippen molar-refractivity contribution in [2.24, 2.45) is 11.5 Å². The van der Waals surface area contributed by atoms with E-state index in [1.807, 2.05) is 20.8 Å². The molecule has 0 aliphatic heterocycles. The van der Waals surface area contributed by atoms with Crippen LogP contribution in [0.2, 0.25) is 0 Å². The largest absolute Gasteiger partial charge is 0.497 e. The molecule has 0 unspecified atom stereocenters. The number of benzene rings is 2. The number of hydrogen-bond donors (Lipinski definition) is 2. The Hall–Kier alpha value is -4.93. The maximum absolute atomic E-state index is 15.2. The van der Waals surface area contributed by atoms with Gasteiger partial charge in [0.1, 0.15) is 23.0 Å². The number of nitrogens with two attached hydrogens (primary N) is 2. The zero-order valence-corrected chi connectivity index (χ0v) is 21.3. The first-order valence-corrected chi connectivity index (χ1v) is 11.6. The predicted molar refractivity (Wildman–Crippen MR) is 140 cm³/mol. The van der Waals surface area contributed by atoms with Crippen molar-refractivity contribution < 1.29 is 23.5 Å². The normalized spacial score (nSPS) is 11.2. The molecule has 0 atom stereocenters. The second-order valence-electron chi connectivity index (χ2n) is 9.38. The molecule has 2 aromatic heterocycles. The Morgan fingerprint density at radius 2 is 1.76 bits per heavy atom. The summed E-state index contributed by atoms with van der Waals surface area (Å²) in [5.41, 5.74) is 12.1. The molecule has 0 saturated heterocycles. The van der Waals surface area contributed by atoms with E-state index in [1.54, 1.807) is 42.1 Å². The van der Waals surface area contributed by atoms with Crippen LogP contribution in [0.5, 0.6) is 17.2 Å². The van der Waals surface area contributed by atoms with Gasteiger partial charge in [-0.15, -0.1) is 0 Å². The van der Waals surface area contributed by atoms with Crippen molar-refractivity contribution in [3.8, 4) is 22.9 Å². The van der Waals surface area contributed by atoms with Crippen LogP contribution in [-0.4, -0.2) is 33.8 Å². The quantitative estimate of drug-likeness (QED) is 0.360. The number of anilines is 2. The van der Waals surface area contributed by atoms with E-state index in [0.29, 0.717) is 22.9 Å². The smallest absolute Gasteiger partial charge is 0.325 e. The fourth-order valence-electron chi connectivity index (χ4n) is 3.65. The number of halogens is 1. The highest BCUT2D eigenvalue weighted by Gasteiger charge is 2.27. The van der Waals surface area contributed by atoms with Crippen molar-refractivity contribution in [3.05, 3.63) is 84.1 Å². The number of amides is 3. The number of methoxy groups -OCH3 is 1. The summed E-state index contributed by atoms with van der Waals surface area (Å²) in [5, 5.41) is 4.72. The van der Waals surface area contributed by atoms with E-state index in [9.17, 15) is 9.59 Å². The molecule has 0 saturated carbocycles. The molecule has 4 N–H and O–H groups in total. The molecule has 11 heteroatoms. The zero-order chi connectivity index (χ0) is 27.6. The molecule has 2 heterocycles. The number of aromatic nitrogens is 3. The fraction of sp³-hybridized carbons (Fsp3) is 0.185. The monoisotopic (exact) mass is 518 g/mol. The lowest BCUT2D eigenvalue weighted by molar-refractivity contribution is 0.0995. The lowest BCUT2D eigenvalue weighted by Crippen LogP contribution is -2.33. The summed E-state index contributed by atoms with van der Waals surface area (Å²) in [6, 6.07) is 14.7. The summed E-state index contributed by atoms with van der Waals surface area (Å²) in [6.07, 6.45) is 1.32. The average Bonchev–Trinajstić information content (AvgIpc) is 3.31. The van der Waals surface area contributed by atoms with E-state index < -0.39 is 17.8 Å². The predicted octanol–water partition coefficient (Wildman–Crippen LogP) is 4.82. The number of rotatable bonds is 7. The Morgan fingerprint density at radius 1 is 1.00 bits per heavy atom. The van der Waals surface area contributed by atoms with Crippen molar-refractivity contribution >= 4 is 23.4 Å². The van der Waals surface area contributed by atoms with E-state index in [-0.39, 0.29) is 28.3 Å². The molecule has 4 aromatic rings. The molecule has 0 bridgehead atoms. The van der Waals surface area contributed by atoms with E-state index in [1.165, 1.54) is 30.5 Å². The van der Waals surface area contributed by atoms with Crippen LogP contribution in [0.15, 0.2) is 66.9 Å². The average molecular weight is 519 g/mol. The first kappa shape index (κ1) is 26.1. The minimum Gasteiger partial charge on any atom is -0.497 e. The van der Waals surface area contributed by atoms with Crippen LogP contribution in [0.1, 0.15) is 37.0 Å². The van der Waals surface area contributed by atoms with Gasteiger partial charge in [0, 0.05) is 35.9 Å². The molecule has 0 spiro atoms. The topological polar surface area (TPSA) is 139 Å². The number of nitrogens with zero attached hydrogens (tertiary/aromatic N) is 4. The third kappa shape index (κ3) is 5.41.